The quantitative estimate of drug-likeness (QED) is 0.770. The van der Waals surface area contributed by atoms with E-state index in [1.807, 2.05) is 6.92 Å². The Morgan fingerprint density at radius 3 is 2.50 bits per heavy atom. The first-order valence-corrected chi connectivity index (χ1v) is 9.54. The van der Waals surface area contributed by atoms with Crippen molar-refractivity contribution in [1.29, 1.82) is 0 Å². The number of carbonyl (C=O) groups is 2. The summed E-state index contributed by atoms with van der Waals surface area (Å²) < 4.78 is 0. The third kappa shape index (κ3) is 1.69. The van der Waals surface area contributed by atoms with Gasteiger partial charge in [-0.25, -0.2) is 0 Å². The largest absolute Gasteiger partial charge is 0.481 e. The van der Waals surface area contributed by atoms with E-state index in [2.05, 4.69) is 13.8 Å². The first kappa shape index (κ1) is 16.6. The maximum Gasteiger partial charge on any atom is 0.309 e. The van der Waals surface area contributed by atoms with E-state index >= 15 is 0 Å². The molecule has 0 aromatic carbocycles. The minimum absolute atomic E-state index is 0.0384. The Bertz CT molecular complexity index is 615. The molecule has 2 bridgehead atoms. The molecule has 24 heavy (non-hydrogen) atoms. The monoisotopic (exact) mass is 334 g/mol. The van der Waals surface area contributed by atoms with Gasteiger partial charge < -0.3 is 10.2 Å². The summed E-state index contributed by atoms with van der Waals surface area (Å²) >= 11 is 0. The number of hydrogen-bond donors (Lipinski definition) is 2. The standard InChI is InChI=1S/C20H30O4/c1-17-7-8-20(11-17)12(10-14(17)22)9-13(21)15-18(2,16(23)24)5-4-6-19(15,20)3/h12-13,15,21H,4-11H2,1-3H3,(H,23,24)/t12-,13+,15-,17-,18+,19-,20-/m0/s1. The molecule has 4 aliphatic rings. The fourth-order valence-electron chi connectivity index (χ4n) is 7.80. The molecular formula is C20H30O4. The van der Waals surface area contributed by atoms with Crippen LogP contribution in [0.2, 0.25) is 0 Å². The second-order valence-corrected chi connectivity index (χ2v) is 9.99. The van der Waals surface area contributed by atoms with Gasteiger partial charge >= 0.3 is 5.97 Å². The lowest BCUT2D eigenvalue weighted by molar-refractivity contribution is -0.224. The van der Waals surface area contributed by atoms with Crippen LogP contribution in [0.4, 0.5) is 0 Å². The summed E-state index contributed by atoms with van der Waals surface area (Å²) in [5.41, 5.74) is -1.22. The highest BCUT2D eigenvalue weighted by Crippen LogP contribution is 2.75. The second kappa shape index (κ2) is 4.63. The minimum atomic E-state index is -0.855. The lowest BCUT2D eigenvalue weighted by atomic mass is 9.37. The van der Waals surface area contributed by atoms with Gasteiger partial charge in [-0.1, -0.05) is 20.3 Å². The Labute approximate surface area is 144 Å². The number of rotatable bonds is 1. The Hall–Kier alpha value is -0.900. The number of aliphatic carboxylic acids is 1. The van der Waals surface area contributed by atoms with Gasteiger partial charge in [0, 0.05) is 17.8 Å². The van der Waals surface area contributed by atoms with E-state index in [0.717, 1.165) is 32.1 Å². The number of fused-ring (bicyclic) bond motifs is 2. The van der Waals surface area contributed by atoms with Gasteiger partial charge in [-0.2, -0.15) is 0 Å². The van der Waals surface area contributed by atoms with Crippen molar-refractivity contribution in [3.8, 4) is 0 Å². The van der Waals surface area contributed by atoms with Crippen LogP contribution in [0.3, 0.4) is 0 Å². The molecule has 0 heterocycles. The van der Waals surface area contributed by atoms with Crippen LogP contribution in [0.1, 0.15) is 72.1 Å². The van der Waals surface area contributed by atoms with E-state index in [-0.39, 0.29) is 28.1 Å². The Morgan fingerprint density at radius 1 is 1.12 bits per heavy atom. The van der Waals surface area contributed by atoms with Crippen molar-refractivity contribution in [2.45, 2.75) is 78.2 Å². The molecule has 0 radical (unpaired) electrons. The summed E-state index contributed by atoms with van der Waals surface area (Å²) in [6.07, 6.45) is 5.98. The van der Waals surface area contributed by atoms with E-state index in [0.29, 0.717) is 25.0 Å². The highest BCUT2D eigenvalue weighted by molar-refractivity contribution is 5.86. The highest BCUT2D eigenvalue weighted by Gasteiger charge is 2.72. The van der Waals surface area contributed by atoms with Gasteiger partial charge in [0.15, 0.2) is 0 Å². The van der Waals surface area contributed by atoms with Crippen LogP contribution < -0.4 is 0 Å². The maximum absolute atomic E-state index is 12.7. The first-order valence-electron chi connectivity index (χ1n) is 9.54. The van der Waals surface area contributed by atoms with Crippen molar-refractivity contribution in [2.24, 2.45) is 33.5 Å². The molecule has 4 nitrogen and oxygen atoms in total. The van der Waals surface area contributed by atoms with Crippen molar-refractivity contribution < 1.29 is 19.8 Å². The molecule has 4 heteroatoms. The van der Waals surface area contributed by atoms with Crippen LogP contribution in [0, 0.1) is 33.5 Å². The molecule has 0 aromatic rings. The number of carbonyl (C=O) groups excluding carboxylic acids is 1. The summed E-state index contributed by atoms with van der Waals surface area (Å²) in [6, 6.07) is 0. The van der Waals surface area contributed by atoms with Crippen LogP contribution >= 0.6 is 0 Å². The number of carboxylic acids is 1. The lowest BCUT2D eigenvalue weighted by Crippen LogP contribution is -2.65. The summed E-state index contributed by atoms with van der Waals surface area (Å²) in [5, 5.41) is 21.0. The minimum Gasteiger partial charge on any atom is -0.481 e. The molecule has 0 saturated heterocycles. The van der Waals surface area contributed by atoms with Crippen molar-refractivity contribution in [2.75, 3.05) is 0 Å². The summed E-state index contributed by atoms with van der Waals surface area (Å²) in [4.78, 5) is 24.8. The molecule has 0 amide bonds. The van der Waals surface area contributed by atoms with Crippen LogP contribution in [0.5, 0.6) is 0 Å². The SMILES string of the molecule is C[C@]12CC[C@]3(C1)[C@H](CC2=O)C[C@@H](O)[C@H]1[C@](C)(C(=O)O)CCC[C@@]13C. The fraction of sp³-hybridized carbons (Fsp3) is 0.900. The van der Waals surface area contributed by atoms with Crippen LogP contribution in [-0.2, 0) is 9.59 Å². The topological polar surface area (TPSA) is 74.6 Å². The molecule has 134 valence electrons. The number of aliphatic hydroxyl groups is 1. The smallest absolute Gasteiger partial charge is 0.309 e. The maximum atomic E-state index is 12.7. The molecule has 0 aliphatic heterocycles. The Balaban J connectivity index is 1.85. The van der Waals surface area contributed by atoms with E-state index in [1.54, 1.807) is 0 Å². The van der Waals surface area contributed by atoms with Gasteiger partial charge in [0.2, 0.25) is 0 Å². The molecule has 1 spiro atoms. The predicted octanol–water partition coefficient (Wildman–Crippen LogP) is 3.41. The third-order valence-electron chi connectivity index (χ3n) is 9.02. The average molecular weight is 334 g/mol. The van der Waals surface area contributed by atoms with Crippen molar-refractivity contribution >= 4 is 11.8 Å². The summed E-state index contributed by atoms with van der Waals surface area (Å²) in [5.74, 6) is -0.373. The second-order valence-electron chi connectivity index (χ2n) is 9.99. The predicted molar refractivity (Wildman–Crippen MR) is 89.3 cm³/mol. The zero-order valence-electron chi connectivity index (χ0n) is 15.1. The Morgan fingerprint density at radius 2 is 1.83 bits per heavy atom. The van der Waals surface area contributed by atoms with Crippen molar-refractivity contribution in [3.05, 3.63) is 0 Å². The van der Waals surface area contributed by atoms with Gasteiger partial charge in [-0.15, -0.1) is 0 Å². The molecular weight excluding hydrogens is 304 g/mol. The zero-order valence-corrected chi connectivity index (χ0v) is 15.1. The molecule has 2 N–H and O–H groups in total. The molecule has 0 aromatic heterocycles. The lowest BCUT2D eigenvalue weighted by Gasteiger charge is -2.66. The third-order valence-corrected chi connectivity index (χ3v) is 9.02. The van der Waals surface area contributed by atoms with Crippen LogP contribution in [0.15, 0.2) is 0 Å². The van der Waals surface area contributed by atoms with Crippen molar-refractivity contribution in [3.63, 3.8) is 0 Å². The van der Waals surface area contributed by atoms with E-state index in [9.17, 15) is 19.8 Å². The fourth-order valence-corrected chi connectivity index (χ4v) is 7.80. The molecule has 4 fully saturated rings. The molecule has 4 aliphatic carbocycles. The summed E-state index contributed by atoms with van der Waals surface area (Å²) in [6.45, 7) is 6.21. The molecule has 7 atom stereocenters. The molecule has 0 unspecified atom stereocenters. The summed E-state index contributed by atoms with van der Waals surface area (Å²) in [7, 11) is 0. The normalized spacial score (nSPS) is 56.5. The number of Topliss-reactive ketones (excluding diaryl/α,β-unsaturated/α-hetero) is 1. The molecule has 4 rings (SSSR count). The van der Waals surface area contributed by atoms with E-state index in [4.69, 9.17) is 0 Å². The van der Waals surface area contributed by atoms with Gasteiger partial charge in [0.1, 0.15) is 5.78 Å². The highest BCUT2D eigenvalue weighted by atomic mass is 16.4. The van der Waals surface area contributed by atoms with E-state index in [1.165, 1.54) is 0 Å². The average Bonchev–Trinajstić information content (AvgIpc) is 2.81. The number of hydrogen-bond acceptors (Lipinski definition) is 3. The first-order chi connectivity index (χ1) is 11.1. The van der Waals surface area contributed by atoms with Gasteiger partial charge in [0.05, 0.1) is 11.5 Å². The van der Waals surface area contributed by atoms with Crippen molar-refractivity contribution in [1.82, 2.24) is 0 Å². The van der Waals surface area contributed by atoms with Crippen LogP contribution in [-0.4, -0.2) is 28.1 Å². The van der Waals surface area contributed by atoms with E-state index < -0.39 is 17.5 Å². The number of carboxylic acid groups (broad SMARTS) is 1. The van der Waals surface area contributed by atoms with Crippen LogP contribution in [0.25, 0.3) is 0 Å². The number of ketones is 1. The Kier molecular flexibility index (Phi) is 3.19. The van der Waals surface area contributed by atoms with Gasteiger partial charge in [-0.05, 0) is 62.2 Å². The zero-order chi connectivity index (χ0) is 17.5. The van der Waals surface area contributed by atoms with Gasteiger partial charge in [0.25, 0.3) is 0 Å². The molecule has 4 saturated carbocycles. The van der Waals surface area contributed by atoms with Gasteiger partial charge in [-0.3, -0.25) is 9.59 Å². The number of aliphatic hydroxyl groups excluding tert-OH is 1.